The largest absolute Gasteiger partial charge is 0.462 e. The van der Waals surface area contributed by atoms with Gasteiger partial charge in [-0.1, -0.05) is 17.7 Å². The second kappa shape index (κ2) is 6.28. The number of benzene rings is 1. The molecule has 1 aromatic carbocycles. The van der Waals surface area contributed by atoms with Crippen molar-refractivity contribution in [2.45, 2.75) is 13.8 Å². The molecule has 21 heavy (non-hydrogen) atoms. The van der Waals surface area contributed by atoms with E-state index >= 15 is 0 Å². The Kier molecular flexibility index (Phi) is 4.65. The van der Waals surface area contributed by atoms with Crippen LogP contribution in [-0.4, -0.2) is 18.4 Å². The minimum absolute atomic E-state index is 0.0470. The molecular formula is C15H14ClNO3S. The molecule has 1 aromatic heterocycles. The van der Waals surface area contributed by atoms with E-state index in [9.17, 15) is 9.59 Å². The van der Waals surface area contributed by atoms with E-state index < -0.39 is 5.97 Å². The van der Waals surface area contributed by atoms with Crippen LogP contribution in [0.15, 0.2) is 24.3 Å². The van der Waals surface area contributed by atoms with Gasteiger partial charge in [-0.2, -0.15) is 0 Å². The number of ether oxygens (including phenoxy) is 1. The summed E-state index contributed by atoms with van der Waals surface area (Å²) in [5, 5.41) is 0.477. The number of Topliss-reactive ketones (excluding diaryl/α,β-unsaturated/α-hetero) is 1. The maximum atomic E-state index is 11.9. The van der Waals surface area contributed by atoms with Gasteiger partial charge >= 0.3 is 5.97 Å². The monoisotopic (exact) mass is 323 g/mol. The van der Waals surface area contributed by atoms with Crippen LogP contribution in [0.2, 0.25) is 5.02 Å². The van der Waals surface area contributed by atoms with Crippen molar-refractivity contribution in [3.05, 3.63) is 39.7 Å². The van der Waals surface area contributed by atoms with Crippen LogP contribution in [0.4, 0.5) is 5.69 Å². The quantitative estimate of drug-likeness (QED) is 0.524. The Labute approximate surface area is 131 Å². The average molecular weight is 324 g/mol. The number of thiophene rings is 1. The lowest BCUT2D eigenvalue weighted by molar-refractivity contribution is 0.0527. The molecule has 0 bridgehead atoms. The minimum atomic E-state index is -0.476. The van der Waals surface area contributed by atoms with Gasteiger partial charge in [0.25, 0.3) is 0 Å². The third kappa shape index (κ3) is 3.25. The van der Waals surface area contributed by atoms with Crippen LogP contribution in [-0.2, 0) is 4.74 Å². The summed E-state index contributed by atoms with van der Waals surface area (Å²) in [5.41, 5.74) is 7.18. The van der Waals surface area contributed by atoms with Gasteiger partial charge in [0.2, 0.25) is 0 Å². The molecule has 6 heteroatoms. The number of esters is 1. The Hall–Kier alpha value is -1.85. The SMILES string of the molecule is CCOC(=O)c1cc(-c2sc(C(C)=O)cc2Cl)ccc1N. The normalized spacial score (nSPS) is 10.4. The summed E-state index contributed by atoms with van der Waals surface area (Å²) in [6.07, 6.45) is 0. The van der Waals surface area contributed by atoms with Gasteiger partial charge in [0.05, 0.1) is 26.9 Å². The first-order valence-electron chi connectivity index (χ1n) is 6.31. The standard InChI is InChI=1S/C15H14ClNO3S/c1-3-20-15(19)10-6-9(4-5-12(10)17)14-11(16)7-13(21-14)8(2)18/h4-7H,3,17H2,1-2H3. The van der Waals surface area contributed by atoms with Gasteiger partial charge in [0.15, 0.2) is 5.78 Å². The summed E-state index contributed by atoms with van der Waals surface area (Å²) in [4.78, 5) is 24.6. The summed E-state index contributed by atoms with van der Waals surface area (Å²) >= 11 is 7.45. The van der Waals surface area contributed by atoms with Crippen LogP contribution < -0.4 is 5.73 Å². The highest BCUT2D eigenvalue weighted by molar-refractivity contribution is 7.18. The van der Waals surface area contributed by atoms with E-state index in [1.165, 1.54) is 18.3 Å². The van der Waals surface area contributed by atoms with Crippen molar-refractivity contribution in [2.24, 2.45) is 0 Å². The molecule has 2 N–H and O–H groups in total. The van der Waals surface area contributed by atoms with Crippen molar-refractivity contribution in [3.8, 4) is 10.4 Å². The smallest absolute Gasteiger partial charge is 0.340 e. The van der Waals surface area contributed by atoms with E-state index in [0.29, 0.717) is 21.2 Å². The molecule has 110 valence electrons. The van der Waals surface area contributed by atoms with Crippen molar-refractivity contribution in [1.29, 1.82) is 0 Å². The lowest BCUT2D eigenvalue weighted by Crippen LogP contribution is -2.08. The third-order valence-corrected chi connectivity index (χ3v) is 4.54. The first-order chi connectivity index (χ1) is 9.93. The molecule has 2 rings (SSSR count). The lowest BCUT2D eigenvalue weighted by atomic mass is 10.1. The van der Waals surface area contributed by atoms with Crippen LogP contribution in [0.1, 0.15) is 33.9 Å². The van der Waals surface area contributed by atoms with E-state index in [1.807, 2.05) is 0 Å². The Balaban J connectivity index is 2.48. The van der Waals surface area contributed by atoms with Gasteiger partial charge in [-0.15, -0.1) is 11.3 Å². The molecule has 0 spiro atoms. The molecule has 0 saturated carbocycles. The first-order valence-corrected chi connectivity index (χ1v) is 7.50. The number of anilines is 1. The van der Waals surface area contributed by atoms with Crippen molar-refractivity contribution in [2.75, 3.05) is 12.3 Å². The lowest BCUT2D eigenvalue weighted by Gasteiger charge is -2.07. The summed E-state index contributed by atoms with van der Waals surface area (Å²) in [6, 6.07) is 6.66. The van der Waals surface area contributed by atoms with Crippen molar-refractivity contribution in [1.82, 2.24) is 0 Å². The van der Waals surface area contributed by atoms with Crippen LogP contribution >= 0.6 is 22.9 Å². The zero-order valence-corrected chi connectivity index (χ0v) is 13.2. The van der Waals surface area contributed by atoms with E-state index in [4.69, 9.17) is 22.1 Å². The van der Waals surface area contributed by atoms with E-state index in [1.54, 1.807) is 31.2 Å². The Bertz CT molecular complexity index is 709. The van der Waals surface area contributed by atoms with Crippen molar-refractivity contribution < 1.29 is 14.3 Å². The predicted octanol–water partition coefficient (Wildman–Crippen LogP) is 4.03. The Morgan fingerprint density at radius 3 is 2.62 bits per heavy atom. The zero-order valence-electron chi connectivity index (χ0n) is 11.6. The molecule has 0 aliphatic carbocycles. The van der Waals surface area contributed by atoms with E-state index in [0.717, 1.165) is 10.4 Å². The van der Waals surface area contributed by atoms with Gasteiger partial charge in [-0.25, -0.2) is 4.79 Å². The molecule has 0 atom stereocenters. The third-order valence-electron chi connectivity index (χ3n) is 2.84. The molecule has 2 aromatic rings. The number of hydrogen-bond donors (Lipinski definition) is 1. The van der Waals surface area contributed by atoms with Crippen molar-refractivity contribution in [3.63, 3.8) is 0 Å². The number of ketones is 1. The topological polar surface area (TPSA) is 69.4 Å². The summed E-state index contributed by atoms with van der Waals surface area (Å²) in [7, 11) is 0. The number of hydrogen-bond acceptors (Lipinski definition) is 5. The first kappa shape index (κ1) is 15.5. The van der Waals surface area contributed by atoms with Gasteiger partial charge in [-0.3, -0.25) is 4.79 Å². The second-order valence-electron chi connectivity index (χ2n) is 4.37. The predicted molar refractivity (Wildman–Crippen MR) is 85.1 cm³/mol. The van der Waals surface area contributed by atoms with Gasteiger partial charge in [0.1, 0.15) is 0 Å². The maximum absolute atomic E-state index is 11.9. The molecular weight excluding hydrogens is 310 g/mol. The fourth-order valence-electron chi connectivity index (χ4n) is 1.82. The average Bonchev–Trinajstić information content (AvgIpc) is 2.82. The fraction of sp³-hybridized carbons (Fsp3) is 0.200. The summed E-state index contributed by atoms with van der Waals surface area (Å²) < 4.78 is 4.97. The molecule has 0 aliphatic heterocycles. The summed E-state index contributed by atoms with van der Waals surface area (Å²) in [5.74, 6) is -0.523. The van der Waals surface area contributed by atoms with Crippen LogP contribution in [0.25, 0.3) is 10.4 Å². The van der Waals surface area contributed by atoms with Gasteiger partial charge < -0.3 is 10.5 Å². The van der Waals surface area contributed by atoms with Crippen LogP contribution in [0.5, 0.6) is 0 Å². The number of carbonyl (C=O) groups is 2. The molecule has 0 saturated heterocycles. The fourth-order valence-corrected chi connectivity index (χ4v) is 3.16. The number of rotatable bonds is 4. The van der Waals surface area contributed by atoms with E-state index in [2.05, 4.69) is 0 Å². The number of halogens is 1. The van der Waals surface area contributed by atoms with Crippen molar-refractivity contribution >= 4 is 40.4 Å². The molecule has 4 nitrogen and oxygen atoms in total. The molecule has 0 fully saturated rings. The minimum Gasteiger partial charge on any atom is -0.462 e. The highest BCUT2D eigenvalue weighted by atomic mass is 35.5. The highest BCUT2D eigenvalue weighted by Gasteiger charge is 2.16. The van der Waals surface area contributed by atoms with Crippen LogP contribution in [0.3, 0.4) is 0 Å². The molecule has 0 radical (unpaired) electrons. The maximum Gasteiger partial charge on any atom is 0.340 e. The summed E-state index contributed by atoms with van der Waals surface area (Å²) in [6.45, 7) is 3.49. The second-order valence-corrected chi connectivity index (χ2v) is 5.83. The van der Waals surface area contributed by atoms with Gasteiger partial charge in [-0.05, 0) is 37.6 Å². The van der Waals surface area contributed by atoms with E-state index in [-0.39, 0.29) is 12.4 Å². The molecule has 1 heterocycles. The molecule has 0 unspecified atom stereocenters. The molecule has 0 aliphatic rings. The van der Waals surface area contributed by atoms with Gasteiger partial charge in [0, 0.05) is 5.69 Å². The molecule has 0 amide bonds. The number of nitrogen functional groups attached to an aromatic ring is 1. The highest BCUT2D eigenvalue weighted by Crippen LogP contribution is 2.37. The Morgan fingerprint density at radius 1 is 1.33 bits per heavy atom. The van der Waals surface area contributed by atoms with Crippen LogP contribution in [0, 0.1) is 0 Å². The zero-order chi connectivity index (χ0) is 15.6. The Morgan fingerprint density at radius 2 is 2.05 bits per heavy atom. The number of nitrogens with two attached hydrogens (primary N) is 1. The number of carbonyl (C=O) groups excluding carboxylic acids is 2.